The fourth-order valence-electron chi connectivity index (χ4n) is 2.69. The molecule has 27 heavy (non-hydrogen) atoms. The second-order valence-electron chi connectivity index (χ2n) is 6.68. The van der Waals surface area contributed by atoms with Crippen LogP contribution in [0.5, 0.6) is 5.75 Å². The van der Waals surface area contributed by atoms with Crippen LogP contribution < -0.4 is 10.1 Å². The monoisotopic (exact) mass is 368 g/mol. The molecule has 0 spiro atoms. The molecule has 0 aromatic heterocycles. The van der Waals surface area contributed by atoms with Gasteiger partial charge in [0.05, 0.1) is 0 Å². The van der Waals surface area contributed by atoms with E-state index >= 15 is 0 Å². The first-order valence-electron chi connectivity index (χ1n) is 9.25. The lowest BCUT2D eigenvalue weighted by Crippen LogP contribution is -2.45. The number of carbonyl (C=O) groups excluding carboxylic acids is 2. The van der Waals surface area contributed by atoms with E-state index in [0.717, 1.165) is 23.2 Å². The molecular formula is C22H28N2O3. The number of nitrogens with zero attached hydrogens (tertiary/aromatic N) is 1. The first-order chi connectivity index (χ1) is 12.9. The van der Waals surface area contributed by atoms with Crippen molar-refractivity contribution in [3.8, 4) is 5.75 Å². The summed E-state index contributed by atoms with van der Waals surface area (Å²) in [6.07, 6.45) is 0.758. The van der Waals surface area contributed by atoms with Gasteiger partial charge in [-0.05, 0) is 56.5 Å². The number of para-hydroxylation sites is 1. The Hall–Kier alpha value is -2.82. The molecule has 0 saturated heterocycles. The number of amides is 2. The summed E-state index contributed by atoms with van der Waals surface area (Å²) in [5.74, 6) is 0.219. The van der Waals surface area contributed by atoms with Crippen molar-refractivity contribution in [2.45, 2.75) is 40.2 Å². The number of benzene rings is 2. The van der Waals surface area contributed by atoms with Crippen molar-refractivity contribution in [3.63, 3.8) is 0 Å². The van der Waals surface area contributed by atoms with Gasteiger partial charge in [-0.2, -0.15) is 0 Å². The van der Waals surface area contributed by atoms with Gasteiger partial charge in [0.15, 0.2) is 6.61 Å². The summed E-state index contributed by atoms with van der Waals surface area (Å²) in [4.78, 5) is 26.8. The third-order valence-corrected chi connectivity index (χ3v) is 4.74. The van der Waals surface area contributed by atoms with Gasteiger partial charge in [0.1, 0.15) is 12.3 Å². The number of hydrogen-bond acceptors (Lipinski definition) is 3. The highest BCUT2D eigenvalue weighted by molar-refractivity contribution is 5.95. The lowest BCUT2D eigenvalue weighted by molar-refractivity contribution is -0.138. The van der Waals surface area contributed by atoms with Gasteiger partial charge in [-0.1, -0.05) is 37.3 Å². The Balaban J connectivity index is 2.01. The van der Waals surface area contributed by atoms with E-state index in [1.54, 1.807) is 17.0 Å². The Labute approximate surface area is 161 Å². The Morgan fingerprint density at radius 2 is 1.78 bits per heavy atom. The third-order valence-electron chi connectivity index (χ3n) is 4.74. The van der Waals surface area contributed by atoms with Gasteiger partial charge in [0.25, 0.3) is 5.91 Å². The zero-order valence-corrected chi connectivity index (χ0v) is 16.5. The average molecular weight is 368 g/mol. The molecule has 1 atom stereocenters. The van der Waals surface area contributed by atoms with Crippen LogP contribution in [-0.2, 0) is 9.59 Å². The standard InChI is InChI=1S/C22H28N2O3/c1-5-17(3)24(22(26)15-27-19-11-7-6-8-12-19)14-21(25)23-20-13-9-10-16(2)18(20)4/h6-13,17H,5,14-15H2,1-4H3,(H,23,25). The Morgan fingerprint density at radius 3 is 2.44 bits per heavy atom. The molecule has 0 saturated carbocycles. The van der Waals surface area contributed by atoms with Crippen LogP contribution in [0.4, 0.5) is 5.69 Å². The smallest absolute Gasteiger partial charge is 0.261 e. The van der Waals surface area contributed by atoms with E-state index in [-0.39, 0.29) is 31.0 Å². The van der Waals surface area contributed by atoms with E-state index in [1.807, 2.05) is 64.1 Å². The fourth-order valence-corrected chi connectivity index (χ4v) is 2.69. The van der Waals surface area contributed by atoms with Crippen molar-refractivity contribution >= 4 is 17.5 Å². The molecular weight excluding hydrogens is 340 g/mol. The van der Waals surface area contributed by atoms with E-state index in [0.29, 0.717) is 5.75 Å². The summed E-state index contributed by atoms with van der Waals surface area (Å²) in [6, 6.07) is 14.9. The van der Waals surface area contributed by atoms with E-state index in [4.69, 9.17) is 4.74 Å². The number of ether oxygens (including phenoxy) is 1. The maximum atomic E-state index is 12.6. The minimum atomic E-state index is -0.211. The molecule has 0 aliphatic carbocycles. The van der Waals surface area contributed by atoms with E-state index in [9.17, 15) is 9.59 Å². The topological polar surface area (TPSA) is 58.6 Å². The van der Waals surface area contributed by atoms with Crippen LogP contribution in [0.15, 0.2) is 48.5 Å². The van der Waals surface area contributed by atoms with E-state index in [1.165, 1.54) is 0 Å². The van der Waals surface area contributed by atoms with Crippen LogP contribution in [0, 0.1) is 13.8 Å². The predicted octanol–water partition coefficient (Wildman–Crippen LogP) is 3.95. The molecule has 0 aliphatic rings. The largest absolute Gasteiger partial charge is 0.484 e. The van der Waals surface area contributed by atoms with Gasteiger partial charge in [0.2, 0.25) is 5.91 Å². The normalized spacial score (nSPS) is 11.6. The SMILES string of the molecule is CCC(C)N(CC(=O)Nc1cccc(C)c1C)C(=O)COc1ccccc1. The fraction of sp³-hybridized carbons (Fsp3) is 0.364. The molecule has 1 unspecified atom stereocenters. The molecule has 5 nitrogen and oxygen atoms in total. The summed E-state index contributed by atoms with van der Waals surface area (Å²) >= 11 is 0. The Kier molecular flexibility index (Phi) is 7.41. The van der Waals surface area contributed by atoms with Crippen molar-refractivity contribution in [3.05, 3.63) is 59.7 Å². The molecule has 0 bridgehead atoms. The highest BCUT2D eigenvalue weighted by atomic mass is 16.5. The minimum absolute atomic E-state index is 0.000623. The Morgan fingerprint density at radius 1 is 1.07 bits per heavy atom. The molecule has 0 radical (unpaired) electrons. The van der Waals surface area contributed by atoms with Crippen LogP contribution in [0.25, 0.3) is 0 Å². The van der Waals surface area contributed by atoms with Crippen molar-refractivity contribution < 1.29 is 14.3 Å². The minimum Gasteiger partial charge on any atom is -0.484 e. The summed E-state index contributed by atoms with van der Waals surface area (Å²) in [6.45, 7) is 7.80. The zero-order chi connectivity index (χ0) is 19.8. The molecule has 1 N–H and O–H groups in total. The molecule has 2 rings (SSSR count). The van der Waals surface area contributed by atoms with Crippen LogP contribution >= 0.6 is 0 Å². The summed E-state index contributed by atoms with van der Waals surface area (Å²) < 4.78 is 5.56. The molecule has 0 aliphatic heterocycles. The van der Waals surface area contributed by atoms with Crippen molar-refractivity contribution in [2.24, 2.45) is 0 Å². The predicted molar refractivity (Wildman–Crippen MR) is 108 cm³/mol. The van der Waals surface area contributed by atoms with Gasteiger partial charge in [0, 0.05) is 11.7 Å². The van der Waals surface area contributed by atoms with Gasteiger partial charge in [-0.25, -0.2) is 0 Å². The lowest BCUT2D eigenvalue weighted by Gasteiger charge is -2.28. The van der Waals surface area contributed by atoms with Crippen LogP contribution in [0.2, 0.25) is 0 Å². The van der Waals surface area contributed by atoms with Crippen molar-refractivity contribution in [1.82, 2.24) is 4.90 Å². The summed E-state index contributed by atoms with van der Waals surface area (Å²) in [7, 11) is 0. The van der Waals surface area contributed by atoms with Gasteiger partial charge in [-0.15, -0.1) is 0 Å². The highest BCUT2D eigenvalue weighted by Crippen LogP contribution is 2.18. The number of anilines is 1. The maximum absolute atomic E-state index is 12.6. The van der Waals surface area contributed by atoms with Gasteiger partial charge < -0.3 is 15.0 Å². The van der Waals surface area contributed by atoms with Gasteiger partial charge >= 0.3 is 0 Å². The van der Waals surface area contributed by atoms with Crippen molar-refractivity contribution in [1.29, 1.82) is 0 Å². The molecule has 144 valence electrons. The molecule has 2 amide bonds. The second-order valence-corrected chi connectivity index (χ2v) is 6.68. The average Bonchev–Trinajstić information content (AvgIpc) is 2.68. The first-order valence-corrected chi connectivity index (χ1v) is 9.25. The molecule has 0 heterocycles. The Bertz CT molecular complexity index is 774. The van der Waals surface area contributed by atoms with Crippen LogP contribution in [-0.4, -0.2) is 35.9 Å². The molecule has 2 aromatic rings. The number of hydrogen-bond donors (Lipinski definition) is 1. The van der Waals surface area contributed by atoms with Gasteiger partial charge in [-0.3, -0.25) is 9.59 Å². The van der Waals surface area contributed by atoms with Crippen LogP contribution in [0.1, 0.15) is 31.4 Å². The second kappa shape index (κ2) is 9.76. The summed E-state index contributed by atoms with van der Waals surface area (Å²) in [5, 5.41) is 2.92. The third kappa shape index (κ3) is 5.84. The number of rotatable bonds is 8. The number of nitrogens with one attached hydrogen (secondary N) is 1. The highest BCUT2D eigenvalue weighted by Gasteiger charge is 2.22. The van der Waals surface area contributed by atoms with E-state index < -0.39 is 0 Å². The summed E-state index contributed by atoms with van der Waals surface area (Å²) in [5.41, 5.74) is 2.91. The number of aryl methyl sites for hydroxylation is 1. The van der Waals surface area contributed by atoms with Crippen LogP contribution in [0.3, 0.4) is 0 Å². The lowest BCUT2D eigenvalue weighted by atomic mass is 10.1. The quantitative estimate of drug-likeness (QED) is 0.767. The first kappa shape index (κ1) is 20.5. The zero-order valence-electron chi connectivity index (χ0n) is 16.5. The molecule has 5 heteroatoms. The number of carbonyl (C=O) groups is 2. The molecule has 0 fully saturated rings. The maximum Gasteiger partial charge on any atom is 0.261 e. The molecule has 2 aromatic carbocycles. The van der Waals surface area contributed by atoms with E-state index in [2.05, 4.69) is 5.32 Å². The van der Waals surface area contributed by atoms with Crippen molar-refractivity contribution in [2.75, 3.05) is 18.5 Å².